The molecule has 2 rings (SSSR count). The minimum atomic E-state index is 0.689. The van der Waals surface area contributed by atoms with E-state index < -0.39 is 0 Å². The fourth-order valence-corrected chi connectivity index (χ4v) is 3.27. The summed E-state index contributed by atoms with van der Waals surface area (Å²) in [7, 11) is 0. The normalized spacial score (nSPS) is 10.2. The summed E-state index contributed by atoms with van der Waals surface area (Å²) in [6, 6.07) is 12.2. The van der Waals surface area contributed by atoms with E-state index in [1.54, 1.807) is 0 Å². The van der Waals surface area contributed by atoms with Crippen molar-refractivity contribution in [2.75, 3.05) is 0 Å². The molecule has 0 unspecified atom stereocenters. The van der Waals surface area contributed by atoms with Gasteiger partial charge < -0.3 is 0 Å². The molecule has 0 heterocycles. The number of rotatable bonds is 1. The fraction of sp³-hybridized carbons (Fsp3) is 0.0833. The van der Waals surface area contributed by atoms with E-state index in [2.05, 4.69) is 37.9 Å². The topological polar surface area (TPSA) is 23.8 Å². The van der Waals surface area contributed by atoms with Gasteiger partial charge in [-0.05, 0) is 27.1 Å². The second-order valence-electron chi connectivity index (χ2n) is 3.15. The SMILES string of the molecule is N#Cc1c2cccccc-2c(Br)c1CBr. The van der Waals surface area contributed by atoms with E-state index in [0.717, 1.165) is 26.7 Å². The Balaban J connectivity index is 2.86. The third-order valence-corrected chi connectivity index (χ3v) is 3.82. The first-order valence-electron chi connectivity index (χ1n) is 4.44. The van der Waals surface area contributed by atoms with Crippen molar-refractivity contribution in [1.29, 1.82) is 5.26 Å². The largest absolute Gasteiger partial charge is 0.192 e. The van der Waals surface area contributed by atoms with Gasteiger partial charge in [0.2, 0.25) is 0 Å². The first-order chi connectivity index (χ1) is 7.29. The fourth-order valence-electron chi connectivity index (χ4n) is 1.64. The zero-order valence-corrected chi connectivity index (χ0v) is 11.0. The van der Waals surface area contributed by atoms with Crippen molar-refractivity contribution < 1.29 is 0 Å². The number of hydrogen-bond donors (Lipinski definition) is 0. The van der Waals surface area contributed by atoms with Crippen LogP contribution in [0.5, 0.6) is 0 Å². The van der Waals surface area contributed by atoms with Crippen LogP contribution in [0.1, 0.15) is 11.1 Å². The lowest BCUT2D eigenvalue weighted by Crippen LogP contribution is -1.78. The highest BCUT2D eigenvalue weighted by Gasteiger charge is 2.19. The van der Waals surface area contributed by atoms with Gasteiger partial charge in [-0.25, -0.2) is 0 Å². The van der Waals surface area contributed by atoms with E-state index >= 15 is 0 Å². The van der Waals surface area contributed by atoms with Crippen molar-refractivity contribution in [1.82, 2.24) is 0 Å². The highest BCUT2D eigenvalue weighted by molar-refractivity contribution is 9.11. The molecule has 0 spiro atoms. The molecule has 15 heavy (non-hydrogen) atoms. The van der Waals surface area contributed by atoms with Gasteiger partial charge in [0, 0.05) is 15.4 Å². The average Bonchev–Trinajstić information content (AvgIpc) is 2.45. The quantitative estimate of drug-likeness (QED) is 0.717. The van der Waals surface area contributed by atoms with Crippen LogP contribution >= 0.6 is 31.9 Å². The highest BCUT2D eigenvalue weighted by atomic mass is 79.9. The molecule has 0 N–H and O–H groups in total. The van der Waals surface area contributed by atoms with Gasteiger partial charge in [-0.15, -0.1) is 0 Å². The lowest BCUT2D eigenvalue weighted by Gasteiger charge is -1.91. The first kappa shape index (κ1) is 10.7. The van der Waals surface area contributed by atoms with Crippen molar-refractivity contribution in [3.63, 3.8) is 0 Å². The Morgan fingerprint density at radius 1 is 1.13 bits per heavy atom. The smallest absolute Gasteiger partial charge is 0.100 e. The van der Waals surface area contributed by atoms with Crippen LogP contribution in [0.4, 0.5) is 0 Å². The standard InChI is InChI=1S/C12H7Br2N/c13-6-10-11(7-15)8-4-2-1-3-5-9(8)12(10)14/h1-5H,6H2. The molecule has 0 aliphatic heterocycles. The predicted octanol–water partition coefficient (Wildman–Crippen LogP) is 4.32. The molecule has 74 valence electrons. The first-order valence-corrected chi connectivity index (χ1v) is 6.36. The summed E-state index contributed by atoms with van der Waals surface area (Å²) >= 11 is 6.95. The van der Waals surface area contributed by atoms with E-state index in [9.17, 15) is 0 Å². The van der Waals surface area contributed by atoms with Crippen LogP contribution in [0.25, 0.3) is 11.1 Å². The zero-order valence-electron chi connectivity index (χ0n) is 7.80. The Morgan fingerprint density at radius 2 is 1.80 bits per heavy atom. The molecular weight excluding hydrogens is 318 g/mol. The lowest BCUT2D eigenvalue weighted by molar-refractivity contribution is 1.41. The molecule has 0 atom stereocenters. The number of halogens is 2. The minimum Gasteiger partial charge on any atom is -0.192 e. The second-order valence-corrected chi connectivity index (χ2v) is 4.50. The summed E-state index contributed by atoms with van der Waals surface area (Å²) < 4.78 is 1.02. The number of hydrogen-bond acceptors (Lipinski definition) is 1. The van der Waals surface area contributed by atoms with Gasteiger partial charge >= 0.3 is 0 Å². The lowest BCUT2D eigenvalue weighted by atomic mass is 10.1. The van der Waals surface area contributed by atoms with Crippen molar-refractivity contribution in [3.8, 4) is 17.2 Å². The van der Waals surface area contributed by atoms with Crippen LogP contribution in [0.15, 0.2) is 34.8 Å². The van der Waals surface area contributed by atoms with Crippen molar-refractivity contribution in [2.45, 2.75) is 5.33 Å². The van der Waals surface area contributed by atoms with Crippen LogP contribution in [-0.4, -0.2) is 0 Å². The summed E-state index contributed by atoms with van der Waals surface area (Å²) in [5.41, 5.74) is 3.87. The monoisotopic (exact) mass is 323 g/mol. The van der Waals surface area contributed by atoms with E-state index in [4.69, 9.17) is 5.26 Å². The van der Waals surface area contributed by atoms with Crippen molar-refractivity contribution >= 4 is 31.9 Å². The Kier molecular flexibility index (Phi) is 3.08. The molecule has 2 aliphatic rings. The molecule has 0 aromatic heterocycles. The molecule has 0 amide bonds. The molecule has 0 aromatic carbocycles. The third kappa shape index (κ3) is 1.68. The molecule has 0 bridgehead atoms. The van der Waals surface area contributed by atoms with Gasteiger partial charge in [0.05, 0.1) is 5.56 Å². The van der Waals surface area contributed by atoms with Crippen molar-refractivity contribution in [2.24, 2.45) is 0 Å². The molecule has 2 aliphatic carbocycles. The van der Waals surface area contributed by atoms with Crippen LogP contribution in [0.2, 0.25) is 0 Å². The van der Waals surface area contributed by atoms with E-state index in [1.165, 1.54) is 0 Å². The maximum Gasteiger partial charge on any atom is 0.100 e. The highest BCUT2D eigenvalue weighted by Crippen LogP contribution is 2.40. The third-order valence-electron chi connectivity index (χ3n) is 2.36. The van der Waals surface area contributed by atoms with Gasteiger partial charge in [-0.2, -0.15) is 5.26 Å². The maximum absolute atomic E-state index is 9.15. The van der Waals surface area contributed by atoms with E-state index in [0.29, 0.717) is 5.33 Å². The minimum absolute atomic E-state index is 0.689. The van der Waals surface area contributed by atoms with Gasteiger partial charge in [0.25, 0.3) is 0 Å². The molecular formula is C12H7Br2N. The number of alkyl halides is 1. The van der Waals surface area contributed by atoms with Gasteiger partial charge in [-0.1, -0.05) is 46.3 Å². The molecule has 3 heteroatoms. The number of nitrogens with zero attached hydrogens (tertiary/aromatic N) is 1. The zero-order chi connectivity index (χ0) is 10.8. The number of fused-ring (bicyclic) bond motifs is 1. The van der Waals surface area contributed by atoms with Crippen LogP contribution < -0.4 is 0 Å². The van der Waals surface area contributed by atoms with Crippen LogP contribution in [0.3, 0.4) is 0 Å². The number of nitriles is 1. The average molecular weight is 325 g/mol. The summed E-state index contributed by atoms with van der Waals surface area (Å²) in [6.45, 7) is 0. The van der Waals surface area contributed by atoms with Crippen LogP contribution in [0, 0.1) is 11.3 Å². The summed E-state index contributed by atoms with van der Waals surface area (Å²) in [6.07, 6.45) is 0. The molecule has 0 radical (unpaired) electrons. The predicted molar refractivity (Wildman–Crippen MR) is 68.1 cm³/mol. The molecule has 0 fully saturated rings. The Hall–Kier alpha value is -0.850. The molecule has 0 saturated heterocycles. The van der Waals surface area contributed by atoms with Gasteiger partial charge in [-0.3, -0.25) is 0 Å². The molecule has 1 nitrogen and oxygen atoms in total. The van der Waals surface area contributed by atoms with Gasteiger partial charge in [0.15, 0.2) is 0 Å². The van der Waals surface area contributed by atoms with E-state index in [1.807, 2.05) is 30.3 Å². The summed E-state index contributed by atoms with van der Waals surface area (Å²) in [4.78, 5) is 0. The second kappa shape index (κ2) is 4.34. The van der Waals surface area contributed by atoms with Gasteiger partial charge in [0.1, 0.15) is 6.07 Å². The Morgan fingerprint density at radius 3 is 2.40 bits per heavy atom. The maximum atomic E-state index is 9.15. The van der Waals surface area contributed by atoms with E-state index in [-0.39, 0.29) is 0 Å². The molecule has 0 saturated carbocycles. The van der Waals surface area contributed by atoms with Crippen LogP contribution in [-0.2, 0) is 5.33 Å². The Labute approximate surface area is 105 Å². The molecule has 0 aromatic rings. The summed E-state index contributed by atoms with van der Waals surface area (Å²) in [5.74, 6) is 0. The summed E-state index contributed by atoms with van der Waals surface area (Å²) in [5, 5.41) is 9.84. The Bertz CT molecular complexity index is 514. The van der Waals surface area contributed by atoms with Crippen molar-refractivity contribution in [3.05, 3.63) is 45.9 Å².